The van der Waals surface area contributed by atoms with Gasteiger partial charge in [0.2, 0.25) is 11.8 Å². The fourth-order valence-electron chi connectivity index (χ4n) is 4.85. The Morgan fingerprint density at radius 2 is 0.977 bits per heavy atom. The highest BCUT2D eigenvalue weighted by Gasteiger charge is 2.27. The van der Waals surface area contributed by atoms with E-state index in [1.54, 1.807) is 46.2 Å². The van der Waals surface area contributed by atoms with E-state index in [1.165, 1.54) is 23.9 Å². The van der Waals surface area contributed by atoms with Crippen LogP contribution in [0.1, 0.15) is 36.8 Å². The van der Waals surface area contributed by atoms with E-state index in [0.717, 1.165) is 0 Å². The van der Waals surface area contributed by atoms with Crippen LogP contribution in [0.4, 0.5) is 0 Å². The zero-order valence-corrected chi connectivity index (χ0v) is 26.6. The fraction of sp³-hybridized carbons (Fsp3) is 0.333. The van der Waals surface area contributed by atoms with E-state index in [-0.39, 0.29) is 31.9 Å². The summed E-state index contributed by atoms with van der Waals surface area (Å²) in [4.78, 5) is 51.9. The predicted molar refractivity (Wildman–Crippen MR) is 169 cm³/mol. The van der Waals surface area contributed by atoms with Crippen molar-refractivity contribution in [2.24, 2.45) is 11.8 Å². The number of aliphatic carboxylic acids is 2. The van der Waals surface area contributed by atoms with Gasteiger partial charge in [0.05, 0.1) is 31.9 Å². The molecule has 2 aromatic carbocycles. The molecule has 2 amide bonds. The predicted octanol–water partition coefficient (Wildman–Crippen LogP) is 7.12. The van der Waals surface area contributed by atoms with Gasteiger partial charge in [-0.1, -0.05) is 70.3 Å². The third-order valence-corrected chi connectivity index (χ3v) is 10.6. The second-order valence-electron chi connectivity index (χ2n) is 10.2. The number of halogens is 4. The summed E-state index contributed by atoms with van der Waals surface area (Å²) in [6.45, 7) is 1.52. The number of hydrogen-bond donors (Lipinski definition) is 2. The molecule has 2 aromatic rings. The van der Waals surface area contributed by atoms with Crippen LogP contribution in [0, 0.1) is 11.8 Å². The number of piperidine rings is 2. The van der Waals surface area contributed by atoms with E-state index in [9.17, 15) is 19.2 Å². The standard InChI is InChI=1S/C30H28Cl4N2O6S/c31-25-17(3-7-23(37)35-13-9-19(10-14-35)29(39)40)1-5-21(27(25)33)43-22-6-2-18(26(32)28(22)34)4-8-24(38)36-15-11-20(12-16-36)30(41)42/h1-8,19-20H,9-16H2,(H,39,40)(H,41,42). The largest absolute Gasteiger partial charge is 0.481 e. The van der Waals surface area contributed by atoms with Crippen molar-refractivity contribution in [2.45, 2.75) is 35.5 Å². The molecule has 2 saturated heterocycles. The van der Waals surface area contributed by atoms with Gasteiger partial charge in [-0.25, -0.2) is 0 Å². The maximum atomic E-state index is 12.6. The minimum absolute atomic E-state index is 0.227. The Labute approximate surface area is 273 Å². The van der Waals surface area contributed by atoms with Crippen LogP contribution in [0.2, 0.25) is 20.1 Å². The molecule has 8 nitrogen and oxygen atoms in total. The molecule has 13 heteroatoms. The lowest BCUT2D eigenvalue weighted by molar-refractivity contribution is -0.145. The smallest absolute Gasteiger partial charge is 0.306 e. The van der Waals surface area contributed by atoms with Gasteiger partial charge in [0.15, 0.2) is 0 Å². The number of carbonyl (C=O) groups excluding carboxylic acids is 2. The van der Waals surface area contributed by atoms with Crippen LogP contribution in [0.3, 0.4) is 0 Å². The third kappa shape index (κ3) is 8.28. The molecular weight excluding hydrogens is 658 g/mol. The summed E-state index contributed by atoms with van der Waals surface area (Å²) >= 11 is 27.4. The molecule has 2 aliphatic heterocycles. The van der Waals surface area contributed by atoms with Crippen molar-refractivity contribution in [2.75, 3.05) is 26.2 Å². The maximum Gasteiger partial charge on any atom is 0.306 e. The van der Waals surface area contributed by atoms with Gasteiger partial charge in [-0.2, -0.15) is 0 Å². The van der Waals surface area contributed by atoms with Gasteiger partial charge in [-0.3, -0.25) is 19.2 Å². The molecule has 2 heterocycles. The Kier molecular flexibility index (Phi) is 11.5. The van der Waals surface area contributed by atoms with Crippen LogP contribution in [-0.2, 0) is 19.2 Å². The Bertz CT molecular complexity index is 1370. The van der Waals surface area contributed by atoms with Crippen molar-refractivity contribution in [3.05, 3.63) is 67.6 Å². The molecule has 228 valence electrons. The van der Waals surface area contributed by atoms with Gasteiger partial charge in [-0.15, -0.1) is 0 Å². The molecule has 0 unspecified atom stereocenters. The fourth-order valence-corrected chi connectivity index (χ4v) is 6.89. The number of rotatable bonds is 8. The average Bonchev–Trinajstić information content (AvgIpc) is 3.00. The highest BCUT2D eigenvalue weighted by molar-refractivity contribution is 7.99. The van der Waals surface area contributed by atoms with Crippen molar-refractivity contribution >= 4 is 94.1 Å². The first-order chi connectivity index (χ1) is 20.5. The summed E-state index contributed by atoms with van der Waals surface area (Å²) in [5.74, 6) is -2.97. The van der Waals surface area contributed by atoms with Gasteiger partial charge >= 0.3 is 11.9 Å². The zero-order chi connectivity index (χ0) is 31.3. The normalized spacial score (nSPS) is 16.7. The third-order valence-electron chi connectivity index (χ3n) is 7.50. The van der Waals surface area contributed by atoms with Crippen LogP contribution >= 0.6 is 58.2 Å². The SMILES string of the molecule is O=C(O)C1CCN(C(=O)C=Cc2ccc(Sc3ccc(C=CC(=O)N4CCC(C(=O)O)CC4)c(Cl)c3Cl)c(Cl)c2Cl)CC1. The molecule has 0 radical (unpaired) electrons. The number of carboxylic acid groups (broad SMARTS) is 2. The number of benzene rings is 2. The van der Waals surface area contributed by atoms with E-state index in [0.29, 0.717) is 72.8 Å². The summed E-state index contributed by atoms with van der Waals surface area (Å²) < 4.78 is 0. The van der Waals surface area contributed by atoms with Crippen molar-refractivity contribution in [3.63, 3.8) is 0 Å². The van der Waals surface area contributed by atoms with Gasteiger partial charge in [0.25, 0.3) is 0 Å². The molecule has 2 fully saturated rings. The van der Waals surface area contributed by atoms with Crippen molar-refractivity contribution in [1.29, 1.82) is 0 Å². The molecule has 4 rings (SSSR count). The van der Waals surface area contributed by atoms with Crippen LogP contribution in [0.15, 0.2) is 46.2 Å². The van der Waals surface area contributed by atoms with Gasteiger partial charge in [0, 0.05) is 48.1 Å². The van der Waals surface area contributed by atoms with Gasteiger partial charge < -0.3 is 20.0 Å². The second kappa shape index (κ2) is 14.9. The summed E-state index contributed by atoms with van der Waals surface area (Å²) in [6.07, 6.45) is 7.64. The van der Waals surface area contributed by atoms with Crippen LogP contribution in [0.25, 0.3) is 12.2 Å². The molecule has 0 bridgehead atoms. The summed E-state index contributed by atoms with van der Waals surface area (Å²) in [7, 11) is 0. The lowest BCUT2D eigenvalue weighted by Crippen LogP contribution is -2.39. The quantitative estimate of drug-likeness (QED) is 0.284. The van der Waals surface area contributed by atoms with E-state index >= 15 is 0 Å². The van der Waals surface area contributed by atoms with Crippen molar-refractivity contribution < 1.29 is 29.4 Å². The van der Waals surface area contributed by atoms with Gasteiger partial charge in [-0.05, 0) is 61.1 Å². The second-order valence-corrected chi connectivity index (χ2v) is 12.8. The maximum absolute atomic E-state index is 12.6. The van der Waals surface area contributed by atoms with Crippen molar-refractivity contribution in [3.8, 4) is 0 Å². The Hall–Kier alpha value is -2.69. The summed E-state index contributed by atoms with van der Waals surface area (Å²) in [5, 5.41) is 19.3. The van der Waals surface area contributed by atoms with Gasteiger partial charge in [0.1, 0.15) is 0 Å². The van der Waals surface area contributed by atoms with Crippen molar-refractivity contribution in [1.82, 2.24) is 9.80 Å². The minimum Gasteiger partial charge on any atom is -0.481 e. The Balaban J connectivity index is 1.39. The van der Waals surface area contributed by atoms with Crippen LogP contribution < -0.4 is 0 Å². The average molecular weight is 686 g/mol. The topological polar surface area (TPSA) is 115 Å². The number of carbonyl (C=O) groups is 4. The number of likely N-dealkylation sites (tertiary alicyclic amines) is 2. The zero-order valence-electron chi connectivity index (χ0n) is 22.8. The molecule has 2 aliphatic rings. The first kappa shape index (κ1) is 33.2. The number of hydrogen-bond acceptors (Lipinski definition) is 5. The highest BCUT2D eigenvalue weighted by Crippen LogP contribution is 2.44. The molecule has 0 saturated carbocycles. The summed E-state index contributed by atoms with van der Waals surface area (Å²) in [6, 6.07) is 6.97. The molecule has 0 atom stereocenters. The lowest BCUT2D eigenvalue weighted by atomic mass is 9.97. The molecule has 0 aliphatic carbocycles. The summed E-state index contributed by atoms with van der Waals surface area (Å²) in [5.41, 5.74) is 1.09. The minimum atomic E-state index is -0.835. The molecule has 0 spiro atoms. The van der Waals surface area contributed by atoms with E-state index in [1.807, 2.05) is 0 Å². The number of amides is 2. The van der Waals surface area contributed by atoms with Crippen LogP contribution in [-0.4, -0.2) is 69.9 Å². The highest BCUT2D eigenvalue weighted by atomic mass is 35.5. The molecule has 2 N–H and O–H groups in total. The first-order valence-electron chi connectivity index (χ1n) is 13.5. The molecular formula is C30H28Cl4N2O6S. The first-order valence-corrected chi connectivity index (χ1v) is 15.8. The monoisotopic (exact) mass is 684 g/mol. The van der Waals surface area contributed by atoms with E-state index < -0.39 is 23.8 Å². The lowest BCUT2D eigenvalue weighted by Gasteiger charge is -2.29. The number of nitrogens with zero attached hydrogens (tertiary/aromatic N) is 2. The molecule has 43 heavy (non-hydrogen) atoms. The molecule has 0 aromatic heterocycles. The van der Waals surface area contributed by atoms with E-state index in [4.69, 9.17) is 56.6 Å². The Morgan fingerprint density at radius 3 is 1.30 bits per heavy atom. The Morgan fingerprint density at radius 1 is 0.628 bits per heavy atom. The van der Waals surface area contributed by atoms with E-state index in [2.05, 4.69) is 0 Å². The number of carboxylic acids is 2. The van der Waals surface area contributed by atoms with Crippen LogP contribution in [0.5, 0.6) is 0 Å².